The van der Waals surface area contributed by atoms with E-state index in [2.05, 4.69) is 10.3 Å². The first-order chi connectivity index (χ1) is 16.3. The van der Waals surface area contributed by atoms with E-state index in [-0.39, 0.29) is 24.1 Å². The van der Waals surface area contributed by atoms with E-state index < -0.39 is 71.0 Å². The van der Waals surface area contributed by atoms with Crippen molar-refractivity contribution in [2.75, 3.05) is 5.32 Å². The molecule has 2 aliphatic rings. The molecule has 2 heterocycles. The van der Waals surface area contributed by atoms with Crippen LogP contribution in [0.1, 0.15) is 38.2 Å². The average Bonchev–Trinajstić information content (AvgIpc) is 3.02. The SMILES string of the molecule is C[C@H]1[C@@H](c2ccc(F)c(F)c2O[C@H]2C[C@@H](O)C2)[C@H](C(=O)Nc2cncc(F)c2)O[C@@]1(C)C(F)(F)F. The Kier molecular flexibility index (Phi) is 6.47. The number of hydrogen-bond donors (Lipinski definition) is 2. The number of halogens is 6. The lowest BCUT2D eigenvalue weighted by Crippen LogP contribution is -2.47. The largest absolute Gasteiger partial charge is 0.487 e. The number of nitrogens with zero attached hydrogens (tertiary/aromatic N) is 1. The van der Waals surface area contributed by atoms with E-state index in [1.807, 2.05) is 0 Å². The van der Waals surface area contributed by atoms with E-state index in [0.29, 0.717) is 0 Å². The molecular formula is C23H22F6N2O4. The van der Waals surface area contributed by atoms with Gasteiger partial charge in [0.15, 0.2) is 17.2 Å². The Balaban J connectivity index is 1.76. The van der Waals surface area contributed by atoms with Crippen LogP contribution in [0.2, 0.25) is 0 Å². The molecular weight excluding hydrogens is 482 g/mol. The van der Waals surface area contributed by atoms with E-state index in [1.165, 1.54) is 6.92 Å². The zero-order valence-electron chi connectivity index (χ0n) is 18.6. The molecule has 2 fully saturated rings. The van der Waals surface area contributed by atoms with Crippen LogP contribution in [-0.4, -0.2) is 46.1 Å². The molecule has 4 atom stereocenters. The standard InChI is InChI=1S/C23H22F6N2O4/c1-10-17(15-3-4-16(25)18(26)19(15)34-14-6-13(32)7-14)20(35-22(10,2)23(27,28)29)21(33)31-12-5-11(24)8-30-9-12/h3-5,8-10,13-14,17,20,32H,6-7H2,1-2H3,(H,31,33)/t10-,13-,14+,17-,20+,22+/m0/s1. The van der Waals surface area contributed by atoms with Gasteiger partial charge in [0.25, 0.3) is 5.91 Å². The highest BCUT2D eigenvalue weighted by Crippen LogP contribution is 2.55. The quantitative estimate of drug-likeness (QED) is 0.587. The molecule has 0 bridgehead atoms. The minimum absolute atomic E-state index is 0.128. The second-order valence-corrected chi connectivity index (χ2v) is 8.98. The summed E-state index contributed by atoms with van der Waals surface area (Å²) in [6.45, 7) is 1.96. The lowest BCUT2D eigenvalue weighted by Gasteiger charge is -2.34. The number of rotatable bonds is 5. The molecule has 1 aromatic heterocycles. The summed E-state index contributed by atoms with van der Waals surface area (Å²) in [5.41, 5.74) is -3.15. The molecule has 12 heteroatoms. The average molecular weight is 504 g/mol. The fourth-order valence-electron chi connectivity index (χ4n) is 4.45. The van der Waals surface area contributed by atoms with Crippen LogP contribution >= 0.6 is 0 Å². The third-order valence-electron chi connectivity index (χ3n) is 6.69. The Morgan fingerprint density at radius 1 is 1.23 bits per heavy atom. The first-order valence-electron chi connectivity index (χ1n) is 10.8. The summed E-state index contributed by atoms with van der Waals surface area (Å²) >= 11 is 0. The number of hydrogen-bond acceptors (Lipinski definition) is 5. The molecule has 1 aliphatic heterocycles. The third kappa shape index (κ3) is 4.56. The summed E-state index contributed by atoms with van der Waals surface area (Å²) in [4.78, 5) is 16.6. The highest BCUT2D eigenvalue weighted by atomic mass is 19.4. The zero-order valence-corrected chi connectivity index (χ0v) is 18.6. The number of carbonyl (C=O) groups is 1. The van der Waals surface area contributed by atoms with Crippen LogP contribution in [0.4, 0.5) is 32.0 Å². The van der Waals surface area contributed by atoms with Gasteiger partial charge in [-0.2, -0.15) is 17.6 Å². The number of aliphatic hydroxyl groups is 1. The molecule has 1 saturated carbocycles. The van der Waals surface area contributed by atoms with E-state index in [4.69, 9.17) is 9.47 Å². The Bertz CT molecular complexity index is 1120. The van der Waals surface area contributed by atoms with Gasteiger partial charge in [0.2, 0.25) is 5.82 Å². The summed E-state index contributed by atoms with van der Waals surface area (Å²) < 4.78 is 95.4. The van der Waals surface area contributed by atoms with Crippen molar-refractivity contribution in [3.63, 3.8) is 0 Å². The van der Waals surface area contributed by atoms with Gasteiger partial charge in [0.05, 0.1) is 24.2 Å². The number of alkyl halides is 3. The number of benzene rings is 1. The Labute approximate surface area is 196 Å². The monoisotopic (exact) mass is 504 g/mol. The van der Waals surface area contributed by atoms with Gasteiger partial charge < -0.3 is 19.9 Å². The minimum atomic E-state index is -4.92. The van der Waals surface area contributed by atoms with Crippen molar-refractivity contribution in [2.45, 2.75) is 62.7 Å². The van der Waals surface area contributed by atoms with Crippen molar-refractivity contribution in [2.24, 2.45) is 5.92 Å². The predicted octanol–water partition coefficient (Wildman–Crippen LogP) is 4.48. The number of nitrogens with one attached hydrogen (secondary N) is 1. The van der Waals surface area contributed by atoms with Crippen molar-refractivity contribution in [1.29, 1.82) is 0 Å². The number of aromatic nitrogens is 1. The molecule has 1 saturated heterocycles. The van der Waals surface area contributed by atoms with Gasteiger partial charge in [-0.05, 0) is 13.0 Å². The van der Waals surface area contributed by atoms with E-state index >= 15 is 0 Å². The van der Waals surface area contributed by atoms with Gasteiger partial charge in [0.1, 0.15) is 18.0 Å². The topological polar surface area (TPSA) is 80.7 Å². The van der Waals surface area contributed by atoms with Gasteiger partial charge in [-0.3, -0.25) is 9.78 Å². The summed E-state index contributed by atoms with van der Waals surface area (Å²) in [5, 5.41) is 11.8. The molecule has 0 unspecified atom stereocenters. The van der Waals surface area contributed by atoms with Crippen LogP contribution in [-0.2, 0) is 9.53 Å². The van der Waals surface area contributed by atoms with Crippen LogP contribution in [0.3, 0.4) is 0 Å². The van der Waals surface area contributed by atoms with Crippen LogP contribution in [0, 0.1) is 23.4 Å². The van der Waals surface area contributed by atoms with Crippen LogP contribution in [0.15, 0.2) is 30.6 Å². The van der Waals surface area contributed by atoms with Crippen LogP contribution in [0.5, 0.6) is 5.75 Å². The number of amides is 1. The molecule has 0 spiro atoms. The van der Waals surface area contributed by atoms with Crippen molar-refractivity contribution in [3.8, 4) is 5.75 Å². The third-order valence-corrected chi connectivity index (χ3v) is 6.69. The first kappa shape index (κ1) is 25.2. The van der Waals surface area contributed by atoms with Gasteiger partial charge in [-0.15, -0.1) is 0 Å². The van der Waals surface area contributed by atoms with E-state index in [9.17, 15) is 36.2 Å². The summed E-state index contributed by atoms with van der Waals surface area (Å²) in [5.74, 6) is -8.07. The zero-order chi connectivity index (χ0) is 25.7. The molecule has 35 heavy (non-hydrogen) atoms. The minimum Gasteiger partial charge on any atom is -0.487 e. The van der Waals surface area contributed by atoms with Gasteiger partial charge in [-0.25, -0.2) is 8.78 Å². The Morgan fingerprint density at radius 2 is 1.91 bits per heavy atom. The molecule has 6 nitrogen and oxygen atoms in total. The number of pyridine rings is 1. The first-order valence-corrected chi connectivity index (χ1v) is 10.8. The number of ether oxygens (including phenoxy) is 2. The normalized spacial score (nSPS) is 30.6. The molecule has 1 amide bonds. The maximum Gasteiger partial charge on any atom is 0.417 e. The lowest BCUT2D eigenvalue weighted by atomic mass is 9.76. The number of carbonyl (C=O) groups excluding carboxylic acids is 1. The molecule has 1 aliphatic carbocycles. The fourth-order valence-corrected chi connectivity index (χ4v) is 4.45. The van der Waals surface area contributed by atoms with E-state index in [1.54, 1.807) is 0 Å². The van der Waals surface area contributed by atoms with E-state index in [0.717, 1.165) is 37.5 Å². The van der Waals surface area contributed by atoms with Crippen molar-refractivity contribution < 1.29 is 45.7 Å². The Hall–Kier alpha value is -2.86. The summed E-state index contributed by atoms with van der Waals surface area (Å²) in [6.07, 6.45) is -5.90. The second-order valence-electron chi connectivity index (χ2n) is 8.98. The van der Waals surface area contributed by atoms with Crippen molar-refractivity contribution >= 4 is 11.6 Å². The molecule has 2 N–H and O–H groups in total. The number of aliphatic hydroxyl groups excluding tert-OH is 1. The molecule has 0 radical (unpaired) electrons. The molecule has 4 rings (SSSR count). The Morgan fingerprint density at radius 3 is 2.51 bits per heavy atom. The molecule has 2 aromatic rings. The predicted molar refractivity (Wildman–Crippen MR) is 110 cm³/mol. The highest BCUT2D eigenvalue weighted by Gasteiger charge is 2.66. The van der Waals surface area contributed by atoms with Crippen molar-refractivity contribution in [1.82, 2.24) is 4.98 Å². The lowest BCUT2D eigenvalue weighted by molar-refractivity contribution is -0.272. The van der Waals surface area contributed by atoms with Gasteiger partial charge >= 0.3 is 6.18 Å². The maximum atomic E-state index is 14.8. The highest BCUT2D eigenvalue weighted by molar-refractivity contribution is 5.95. The second kappa shape index (κ2) is 8.98. The smallest absolute Gasteiger partial charge is 0.417 e. The van der Waals surface area contributed by atoms with Crippen molar-refractivity contribution in [3.05, 3.63) is 53.6 Å². The molecule has 190 valence electrons. The maximum absolute atomic E-state index is 14.8. The fraction of sp³-hybridized carbons (Fsp3) is 0.478. The summed E-state index contributed by atoms with van der Waals surface area (Å²) in [6, 6.07) is 2.70. The number of anilines is 1. The van der Waals surface area contributed by atoms with Crippen LogP contribution in [0.25, 0.3) is 0 Å². The van der Waals surface area contributed by atoms with Crippen LogP contribution < -0.4 is 10.1 Å². The van der Waals surface area contributed by atoms with Gasteiger partial charge in [0, 0.05) is 36.3 Å². The molecule has 1 aromatic carbocycles. The van der Waals surface area contributed by atoms with Gasteiger partial charge in [-0.1, -0.05) is 13.0 Å². The summed E-state index contributed by atoms with van der Waals surface area (Å²) in [7, 11) is 0.